The lowest BCUT2D eigenvalue weighted by molar-refractivity contribution is -0.151. The molecule has 13 nitrogen and oxygen atoms in total. The third-order valence-corrected chi connectivity index (χ3v) is 7.76. The van der Waals surface area contributed by atoms with Crippen LogP contribution in [0.4, 0.5) is 4.79 Å². The predicted molar refractivity (Wildman–Crippen MR) is 188 cm³/mol. The normalized spacial score (nSPS) is 12.5. The van der Waals surface area contributed by atoms with E-state index in [4.69, 9.17) is 23.7 Å². The first-order valence-corrected chi connectivity index (χ1v) is 18.7. The van der Waals surface area contributed by atoms with Crippen LogP contribution in [0.1, 0.15) is 137 Å². The van der Waals surface area contributed by atoms with Gasteiger partial charge in [0, 0.05) is 37.9 Å². The minimum Gasteiger partial charge on any atom is -0.465 e. The molecule has 2 atom stereocenters. The molecule has 0 aromatic carbocycles. The van der Waals surface area contributed by atoms with Gasteiger partial charge in [0.25, 0.3) is 0 Å². The molecule has 0 radical (unpaired) electrons. The van der Waals surface area contributed by atoms with E-state index in [0.717, 1.165) is 64.2 Å². The Labute approximate surface area is 300 Å². The summed E-state index contributed by atoms with van der Waals surface area (Å²) < 4.78 is 26.5. The van der Waals surface area contributed by atoms with Gasteiger partial charge in [-0.05, 0) is 33.6 Å². The second-order valence-electron chi connectivity index (χ2n) is 13.8. The first-order chi connectivity index (χ1) is 23.8. The lowest BCUT2D eigenvalue weighted by Crippen LogP contribution is -2.41. The maximum atomic E-state index is 12.8. The van der Waals surface area contributed by atoms with Crippen LogP contribution in [0.15, 0.2) is 0 Å². The second kappa shape index (κ2) is 29.8. The Morgan fingerprint density at radius 1 is 0.560 bits per heavy atom. The van der Waals surface area contributed by atoms with Gasteiger partial charge in [-0.3, -0.25) is 19.2 Å². The Morgan fingerprint density at radius 2 is 0.940 bits per heavy atom. The molecule has 2 unspecified atom stereocenters. The molecule has 0 aromatic rings. The number of carbonyl (C=O) groups excluding carboxylic acids is 5. The molecule has 0 rings (SSSR count). The van der Waals surface area contributed by atoms with Crippen molar-refractivity contribution in [3.63, 3.8) is 0 Å². The van der Waals surface area contributed by atoms with Crippen LogP contribution in [0, 0.1) is 11.8 Å². The van der Waals surface area contributed by atoms with Gasteiger partial charge in [-0.25, -0.2) is 4.79 Å². The zero-order valence-corrected chi connectivity index (χ0v) is 31.5. The van der Waals surface area contributed by atoms with Crippen molar-refractivity contribution < 1.29 is 57.9 Å². The fraction of sp³-hybridized carbons (Fsp3) is 0.865. The van der Waals surface area contributed by atoms with Crippen LogP contribution in [0.25, 0.3) is 0 Å². The Kier molecular flexibility index (Phi) is 28.0. The summed E-state index contributed by atoms with van der Waals surface area (Å²) in [5, 5.41) is 19.3. The van der Waals surface area contributed by atoms with E-state index >= 15 is 0 Å². The molecule has 0 heterocycles. The predicted octanol–water partition coefficient (Wildman–Crippen LogP) is 5.89. The van der Waals surface area contributed by atoms with Crippen molar-refractivity contribution in [1.29, 1.82) is 0 Å². The molecule has 1 amide bonds. The number of carbonyl (C=O) groups is 5. The van der Waals surface area contributed by atoms with E-state index in [1.54, 1.807) is 20.8 Å². The minimum atomic E-state index is -0.801. The van der Waals surface area contributed by atoms with Gasteiger partial charge >= 0.3 is 30.0 Å². The summed E-state index contributed by atoms with van der Waals surface area (Å²) in [4.78, 5) is 63.0. The maximum absolute atomic E-state index is 12.8. The van der Waals surface area contributed by atoms with Gasteiger partial charge in [-0.15, -0.1) is 0 Å². The summed E-state index contributed by atoms with van der Waals surface area (Å²) >= 11 is 0. The van der Waals surface area contributed by atoms with Crippen LogP contribution >= 0.6 is 0 Å². The van der Waals surface area contributed by atoms with E-state index < -0.39 is 35.5 Å². The van der Waals surface area contributed by atoms with E-state index in [1.165, 1.54) is 17.7 Å². The lowest BCUT2D eigenvalue weighted by Gasteiger charge is -2.27. The number of nitrogens with zero attached hydrogens (tertiary/aromatic N) is 1. The molecule has 0 bridgehead atoms. The summed E-state index contributed by atoms with van der Waals surface area (Å²) in [6.45, 7) is 7.99. The number of hydrogen-bond acceptors (Lipinski definition) is 12. The fourth-order valence-electron chi connectivity index (χ4n) is 4.77. The van der Waals surface area contributed by atoms with Gasteiger partial charge in [0.2, 0.25) is 0 Å². The average molecular weight is 718 g/mol. The van der Waals surface area contributed by atoms with Crippen LogP contribution in [-0.2, 0) is 42.9 Å². The molecule has 0 aliphatic heterocycles. The van der Waals surface area contributed by atoms with Crippen molar-refractivity contribution >= 4 is 30.0 Å². The summed E-state index contributed by atoms with van der Waals surface area (Å²) in [7, 11) is 0. The molecule has 0 fully saturated rings. The number of hydrogen-bond donors (Lipinski definition) is 2. The zero-order valence-electron chi connectivity index (χ0n) is 31.5. The van der Waals surface area contributed by atoms with Crippen molar-refractivity contribution in [1.82, 2.24) is 4.90 Å². The van der Waals surface area contributed by atoms with E-state index in [-0.39, 0.29) is 77.5 Å². The smallest absolute Gasteiger partial charge is 0.410 e. The molecule has 292 valence electrons. The molecule has 0 aromatic heterocycles. The summed E-state index contributed by atoms with van der Waals surface area (Å²) in [6.07, 6.45) is 12.0. The Morgan fingerprint density at radius 3 is 1.30 bits per heavy atom. The van der Waals surface area contributed by atoms with E-state index in [1.807, 2.05) is 0 Å². The highest BCUT2D eigenvalue weighted by molar-refractivity contribution is 5.72. The molecular weight excluding hydrogens is 650 g/mol. The maximum Gasteiger partial charge on any atom is 0.410 e. The van der Waals surface area contributed by atoms with Crippen LogP contribution in [0.2, 0.25) is 0 Å². The topological polar surface area (TPSA) is 175 Å². The lowest BCUT2D eigenvalue weighted by atomic mass is 10.1. The molecular formula is C37H67NO12. The number of aliphatic hydroxyl groups is 2. The standard InChI is InChI=1S/C37H67NO12/c1-6-8-10-12-14-16-18-32(41)48-28-30(26-39)24-34(43)46-22-20-38(36(45)50-37(3,4)5)21-23-47-35(44)25-31(27-40)29-49-33(42)19-17-15-13-11-9-7-2/h30-31,39-40H,6-29H2,1-5H3. The summed E-state index contributed by atoms with van der Waals surface area (Å²) in [6, 6.07) is 0. The van der Waals surface area contributed by atoms with Crippen LogP contribution < -0.4 is 0 Å². The fourth-order valence-corrected chi connectivity index (χ4v) is 4.77. The van der Waals surface area contributed by atoms with Crippen LogP contribution in [0.3, 0.4) is 0 Å². The van der Waals surface area contributed by atoms with Crippen LogP contribution in [0.5, 0.6) is 0 Å². The monoisotopic (exact) mass is 717 g/mol. The van der Waals surface area contributed by atoms with Gasteiger partial charge < -0.3 is 38.8 Å². The van der Waals surface area contributed by atoms with Gasteiger partial charge in [0.1, 0.15) is 18.8 Å². The Balaban J connectivity index is 4.64. The van der Waals surface area contributed by atoms with E-state index in [2.05, 4.69) is 13.8 Å². The quantitative estimate of drug-likeness (QED) is 0.0513. The van der Waals surface area contributed by atoms with Crippen molar-refractivity contribution in [2.24, 2.45) is 11.8 Å². The highest BCUT2D eigenvalue weighted by Crippen LogP contribution is 2.13. The summed E-state index contributed by atoms with van der Waals surface area (Å²) in [5.41, 5.74) is -0.801. The van der Waals surface area contributed by atoms with E-state index in [9.17, 15) is 34.2 Å². The third-order valence-electron chi connectivity index (χ3n) is 7.76. The minimum absolute atomic E-state index is 0.0525. The third kappa shape index (κ3) is 27.8. The molecule has 50 heavy (non-hydrogen) atoms. The largest absolute Gasteiger partial charge is 0.465 e. The molecule has 0 aliphatic carbocycles. The van der Waals surface area contributed by atoms with Gasteiger partial charge in [0.15, 0.2) is 0 Å². The molecule has 0 saturated heterocycles. The van der Waals surface area contributed by atoms with Gasteiger partial charge in [-0.1, -0.05) is 78.1 Å². The zero-order chi connectivity index (χ0) is 37.6. The van der Waals surface area contributed by atoms with Gasteiger partial charge in [-0.2, -0.15) is 0 Å². The van der Waals surface area contributed by atoms with Crippen molar-refractivity contribution in [3.8, 4) is 0 Å². The highest BCUT2D eigenvalue weighted by atomic mass is 16.6. The number of rotatable bonds is 30. The number of aliphatic hydroxyl groups excluding tert-OH is 2. The Hall–Kier alpha value is -2.93. The molecule has 0 spiro atoms. The molecule has 0 aliphatic rings. The number of ether oxygens (including phenoxy) is 5. The van der Waals surface area contributed by atoms with Crippen LogP contribution in [-0.4, -0.2) is 103 Å². The van der Waals surface area contributed by atoms with Crippen molar-refractivity contribution in [2.75, 3.05) is 52.7 Å². The summed E-state index contributed by atoms with van der Waals surface area (Å²) in [5.74, 6) is -3.23. The highest BCUT2D eigenvalue weighted by Gasteiger charge is 2.24. The molecule has 2 N–H and O–H groups in total. The number of amides is 1. The SMILES string of the molecule is CCCCCCCCC(=O)OCC(CO)CC(=O)OCCN(CCOC(=O)CC(CO)COC(=O)CCCCCCCC)C(=O)OC(C)(C)C. The van der Waals surface area contributed by atoms with Gasteiger partial charge in [0.05, 0.1) is 39.1 Å². The first kappa shape index (κ1) is 47.1. The number of esters is 4. The molecule has 13 heteroatoms. The van der Waals surface area contributed by atoms with Crippen molar-refractivity contribution in [2.45, 2.75) is 143 Å². The molecule has 0 saturated carbocycles. The number of unbranched alkanes of at least 4 members (excludes halogenated alkanes) is 10. The first-order valence-electron chi connectivity index (χ1n) is 18.7. The Bertz CT molecular complexity index is 876. The average Bonchev–Trinajstić information content (AvgIpc) is 3.06. The second-order valence-corrected chi connectivity index (χ2v) is 13.8. The van der Waals surface area contributed by atoms with E-state index in [0.29, 0.717) is 12.8 Å². The van der Waals surface area contributed by atoms with Crippen molar-refractivity contribution in [3.05, 3.63) is 0 Å².